The van der Waals surface area contributed by atoms with Crippen LogP contribution in [0.25, 0.3) is 0 Å². The Morgan fingerprint density at radius 2 is 2.00 bits per heavy atom. The first-order valence-corrected chi connectivity index (χ1v) is 7.59. The smallest absolute Gasteiger partial charge is 0.251 e. The van der Waals surface area contributed by atoms with Gasteiger partial charge in [0.15, 0.2) is 0 Å². The minimum Gasteiger partial charge on any atom is -0.393 e. The van der Waals surface area contributed by atoms with E-state index in [1.807, 2.05) is 13.8 Å². The summed E-state index contributed by atoms with van der Waals surface area (Å²) < 4.78 is 0. The normalized spacial score (nSPS) is 12.6. The zero-order valence-electron chi connectivity index (χ0n) is 13.8. The highest BCUT2D eigenvalue weighted by atomic mass is 16.3. The van der Waals surface area contributed by atoms with Gasteiger partial charge in [0.2, 0.25) is 5.91 Å². The van der Waals surface area contributed by atoms with Crippen LogP contribution in [0.3, 0.4) is 0 Å². The van der Waals surface area contributed by atoms with Crippen molar-refractivity contribution in [3.8, 4) is 0 Å². The van der Waals surface area contributed by atoms with E-state index in [1.54, 1.807) is 38.1 Å². The topological polar surface area (TPSA) is 78.4 Å². The predicted molar refractivity (Wildman–Crippen MR) is 87.8 cm³/mol. The monoisotopic (exact) mass is 306 g/mol. The van der Waals surface area contributed by atoms with Crippen molar-refractivity contribution in [2.24, 2.45) is 5.41 Å². The SMILES string of the molecule is CCC(=O)Nc1cccc(C(=O)NCC(C)(C)CC(C)O)c1. The van der Waals surface area contributed by atoms with E-state index in [1.165, 1.54) is 0 Å². The highest BCUT2D eigenvalue weighted by molar-refractivity contribution is 5.97. The van der Waals surface area contributed by atoms with Gasteiger partial charge < -0.3 is 15.7 Å². The summed E-state index contributed by atoms with van der Waals surface area (Å²) in [6, 6.07) is 6.85. The molecule has 0 aliphatic rings. The lowest BCUT2D eigenvalue weighted by molar-refractivity contribution is -0.115. The van der Waals surface area contributed by atoms with Gasteiger partial charge in [-0.25, -0.2) is 0 Å². The number of nitrogens with one attached hydrogen (secondary N) is 2. The molecule has 122 valence electrons. The fourth-order valence-corrected chi connectivity index (χ4v) is 2.28. The van der Waals surface area contributed by atoms with Crippen LogP contribution in [0.1, 0.15) is 50.9 Å². The molecule has 0 spiro atoms. The second kappa shape index (κ2) is 7.94. The van der Waals surface area contributed by atoms with E-state index < -0.39 is 6.10 Å². The van der Waals surface area contributed by atoms with Gasteiger partial charge in [-0.3, -0.25) is 9.59 Å². The van der Waals surface area contributed by atoms with Gasteiger partial charge in [0, 0.05) is 24.2 Å². The van der Waals surface area contributed by atoms with Crippen LogP contribution in [0.15, 0.2) is 24.3 Å². The molecule has 0 aliphatic heterocycles. The Hall–Kier alpha value is -1.88. The van der Waals surface area contributed by atoms with Gasteiger partial charge in [0.05, 0.1) is 6.10 Å². The highest BCUT2D eigenvalue weighted by Crippen LogP contribution is 2.21. The van der Waals surface area contributed by atoms with Gasteiger partial charge in [-0.05, 0) is 37.0 Å². The third-order valence-corrected chi connectivity index (χ3v) is 3.31. The third-order valence-electron chi connectivity index (χ3n) is 3.31. The zero-order chi connectivity index (χ0) is 16.8. The number of rotatable bonds is 7. The van der Waals surface area contributed by atoms with E-state index in [9.17, 15) is 14.7 Å². The summed E-state index contributed by atoms with van der Waals surface area (Å²) >= 11 is 0. The van der Waals surface area contributed by atoms with Crippen LogP contribution in [0.4, 0.5) is 5.69 Å². The summed E-state index contributed by atoms with van der Waals surface area (Å²) in [5.41, 5.74) is 0.933. The van der Waals surface area contributed by atoms with Crippen LogP contribution in [0.2, 0.25) is 0 Å². The van der Waals surface area contributed by atoms with E-state index >= 15 is 0 Å². The molecule has 1 rings (SSSR count). The molecular formula is C17H26N2O3. The molecule has 0 radical (unpaired) electrons. The van der Waals surface area contributed by atoms with E-state index in [0.29, 0.717) is 30.6 Å². The van der Waals surface area contributed by atoms with Crippen molar-refractivity contribution in [2.45, 2.75) is 46.6 Å². The Morgan fingerprint density at radius 1 is 1.32 bits per heavy atom. The number of carbonyl (C=O) groups is 2. The number of aliphatic hydroxyl groups is 1. The molecular weight excluding hydrogens is 280 g/mol. The van der Waals surface area contributed by atoms with Crippen molar-refractivity contribution in [3.05, 3.63) is 29.8 Å². The number of hydrogen-bond donors (Lipinski definition) is 3. The molecule has 1 aromatic carbocycles. The standard InChI is InChI=1S/C17H26N2O3/c1-5-15(21)19-14-8-6-7-13(9-14)16(22)18-11-17(3,4)10-12(2)20/h6-9,12,20H,5,10-11H2,1-4H3,(H,18,22)(H,19,21). The van der Waals surface area contributed by atoms with E-state index in [4.69, 9.17) is 0 Å². The van der Waals surface area contributed by atoms with Crippen molar-refractivity contribution in [1.82, 2.24) is 5.32 Å². The molecule has 2 amide bonds. The minimum absolute atomic E-state index is 0.0874. The third kappa shape index (κ3) is 6.26. The predicted octanol–water partition coefficient (Wildman–Crippen LogP) is 2.56. The first kappa shape index (κ1) is 18.2. The summed E-state index contributed by atoms with van der Waals surface area (Å²) in [6.45, 7) is 7.98. The average Bonchev–Trinajstić information content (AvgIpc) is 2.43. The summed E-state index contributed by atoms with van der Waals surface area (Å²) in [6.07, 6.45) is 0.601. The number of carbonyl (C=O) groups excluding carboxylic acids is 2. The van der Waals surface area contributed by atoms with Crippen LogP contribution >= 0.6 is 0 Å². The van der Waals surface area contributed by atoms with E-state index in [-0.39, 0.29) is 17.2 Å². The lowest BCUT2D eigenvalue weighted by atomic mass is 9.87. The van der Waals surface area contributed by atoms with Gasteiger partial charge in [0.1, 0.15) is 0 Å². The molecule has 1 unspecified atom stereocenters. The second-order valence-corrected chi connectivity index (χ2v) is 6.38. The number of anilines is 1. The molecule has 0 bridgehead atoms. The van der Waals surface area contributed by atoms with Crippen LogP contribution < -0.4 is 10.6 Å². The molecule has 0 aliphatic carbocycles. The Morgan fingerprint density at radius 3 is 2.59 bits per heavy atom. The highest BCUT2D eigenvalue weighted by Gasteiger charge is 2.21. The van der Waals surface area contributed by atoms with Gasteiger partial charge >= 0.3 is 0 Å². The van der Waals surface area contributed by atoms with E-state index in [2.05, 4.69) is 10.6 Å². The molecule has 0 heterocycles. The fourth-order valence-electron chi connectivity index (χ4n) is 2.28. The minimum atomic E-state index is -0.403. The molecule has 0 saturated carbocycles. The van der Waals surface area contributed by atoms with Crippen molar-refractivity contribution in [3.63, 3.8) is 0 Å². The number of hydrogen-bond acceptors (Lipinski definition) is 3. The molecule has 5 nitrogen and oxygen atoms in total. The molecule has 5 heteroatoms. The zero-order valence-corrected chi connectivity index (χ0v) is 13.8. The van der Waals surface area contributed by atoms with Crippen molar-refractivity contribution in [2.75, 3.05) is 11.9 Å². The largest absolute Gasteiger partial charge is 0.393 e. The first-order chi connectivity index (χ1) is 10.2. The maximum absolute atomic E-state index is 12.2. The molecule has 0 fully saturated rings. The average molecular weight is 306 g/mol. The van der Waals surface area contributed by atoms with Crippen LogP contribution in [0, 0.1) is 5.41 Å². The van der Waals surface area contributed by atoms with Crippen molar-refractivity contribution >= 4 is 17.5 Å². The number of benzene rings is 1. The summed E-state index contributed by atoms with van der Waals surface area (Å²) in [5.74, 6) is -0.276. The quantitative estimate of drug-likeness (QED) is 0.724. The van der Waals surface area contributed by atoms with Crippen LogP contribution in [-0.2, 0) is 4.79 Å². The summed E-state index contributed by atoms with van der Waals surface area (Å²) in [7, 11) is 0. The van der Waals surface area contributed by atoms with Gasteiger partial charge in [-0.15, -0.1) is 0 Å². The van der Waals surface area contributed by atoms with Gasteiger partial charge in [-0.1, -0.05) is 26.8 Å². The van der Waals surface area contributed by atoms with Gasteiger partial charge in [-0.2, -0.15) is 0 Å². The molecule has 3 N–H and O–H groups in total. The molecule has 1 aromatic rings. The van der Waals surface area contributed by atoms with Crippen molar-refractivity contribution < 1.29 is 14.7 Å². The molecule has 22 heavy (non-hydrogen) atoms. The summed E-state index contributed by atoms with van der Waals surface area (Å²) in [5, 5.41) is 15.1. The van der Waals surface area contributed by atoms with E-state index in [0.717, 1.165) is 0 Å². The molecule has 0 saturated heterocycles. The number of aliphatic hydroxyl groups excluding tert-OH is 1. The second-order valence-electron chi connectivity index (χ2n) is 6.38. The Balaban J connectivity index is 2.66. The Kier molecular flexibility index (Phi) is 6.56. The number of amides is 2. The maximum Gasteiger partial charge on any atom is 0.251 e. The molecule has 0 aromatic heterocycles. The lowest BCUT2D eigenvalue weighted by Gasteiger charge is -2.26. The van der Waals surface area contributed by atoms with Crippen LogP contribution in [-0.4, -0.2) is 29.6 Å². The van der Waals surface area contributed by atoms with Crippen LogP contribution in [0.5, 0.6) is 0 Å². The fraction of sp³-hybridized carbons (Fsp3) is 0.529. The summed E-state index contributed by atoms with van der Waals surface area (Å²) in [4.78, 5) is 23.6. The molecule has 1 atom stereocenters. The Labute approximate surface area is 132 Å². The lowest BCUT2D eigenvalue weighted by Crippen LogP contribution is -2.35. The van der Waals surface area contributed by atoms with Crippen molar-refractivity contribution in [1.29, 1.82) is 0 Å². The Bertz CT molecular complexity index is 524. The van der Waals surface area contributed by atoms with Gasteiger partial charge in [0.25, 0.3) is 5.91 Å². The first-order valence-electron chi connectivity index (χ1n) is 7.59. The maximum atomic E-state index is 12.2.